The monoisotopic (exact) mass is 515 g/mol. The van der Waals surface area contributed by atoms with Crippen LogP contribution in [0.4, 0.5) is 10.3 Å². The van der Waals surface area contributed by atoms with E-state index in [2.05, 4.69) is 4.98 Å². The summed E-state index contributed by atoms with van der Waals surface area (Å²) < 4.78 is 51.4. The van der Waals surface area contributed by atoms with E-state index in [-0.39, 0.29) is 33.4 Å². The zero-order valence-corrected chi connectivity index (χ0v) is 19.8. The van der Waals surface area contributed by atoms with Crippen LogP contribution < -0.4 is 4.90 Å². The Morgan fingerprint density at radius 2 is 1.66 bits per heavy atom. The Morgan fingerprint density at radius 3 is 2.29 bits per heavy atom. The van der Waals surface area contributed by atoms with E-state index in [1.165, 1.54) is 54.8 Å². The molecule has 0 N–H and O–H groups in total. The van der Waals surface area contributed by atoms with Crippen LogP contribution in [0.5, 0.6) is 0 Å². The SMILES string of the molecule is O=C(c1ccc(F)cc1)N1CCN(c2oc(-c3ccco3)nc2S(=O)(=O)c2ccc(Cl)cc2)CC1. The highest BCUT2D eigenvalue weighted by Crippen LogP contribution is 2.35. The molecular weight excluding hydrogens is 497 g/mol. The molecule has 1 aliphatic heterocycles. The van der Waals surface area contributed by atoms with Gasteiger partial charge >= 0.3 is 0 Å². The molecule has 0 bridgehead atoms. The van der Waals surface area contributed by atoms with Crippen molar-refractivity contribution in [2.45, 2.75) is 9.92 Å². The van der Waals surface area contributed by atoms with Gasteiger partial charge in [0.05, 0.1) is 11.2 Å². The molecule has 0 spiro atoms. The first-order valence-electron chi connectivity index (χ1n) is 10.7. The number of benzene rings is 2. The van der Waals surface area contributed by atoms with Crippen LogP contribution in [0.3, 0.4) is 0 Å². The lowest BCUT2D eigenvalue weighted by Gasteiger charge is -2.34. The number of hydrogen-bond donors (Lipinski definition) is 0. The molecule has 0 radical (unpaired) electrons. The molecule has 0 unspecified atom stereocenters. The van der Waals surface area contributed by atoms with Gasteiger partial charge < -0.3 is 18.6 Å². The number of carbonyl (C=O) groups is 1. The third-order valence-electron chi connectivity index (χ3n) is 5.64. The smallest absolute Gasteiger partial charge is 0.266 e. The molecule has 0 atom stereocenters. The Kier molecular flexibility index (Phi) is 6.08. The molecule has 2 aromatic heterocycles. The van der Waals surface area contributed by atoms with E-state index in [1.807, 2.05) is 0 Å². The number of halogens is 2. The van der Waals surface area contributed by atoms with Gasteiger partial charge in [-0.1, -0.05) is 11.6 Å². The molecule has 35 heavy (non-hydrogen) atoms. The molecule has 0 saturated carbocycles. The Labute approximate surface area is 205 Å². The van der Waals surface area contributed by atoms with Crippen molar-refractivity contribution in [2.75, 3.05) is 31.1 Å². The predicted molar refractivity (Wildman–Crippen MR) is 126 cm³/mol. The Bertz CT molecular complexity index is 1440. The maximum Gasteiger partial charge on any atom is 0.266 e. The fourth-order valence-corrected chi connectivity index (χ4v) is 5.24. The minimum atomic E-state index is -4.05. The first-order chi connectivity index (χ1) is 16.8. The predicted octanol–water partition coefficient (Wildman–Crippen LogP) is 4.52. The van der Waals surface area contributed by atoms with E-state index < -0.39 is 15.7 Å². The minimum Gasteiger partial charge on any atom is -0.459 e. The van der Waals surface area contributed by atoms with Crippen LogP contribution in [0.15, 0.2) is 85.7 Å². The number of amides is 1. The zero-order chi connectivity index (χ0) is 24.6. The number of piperazine rings is 1. The van der Waals surface area contributed by atoms with Crippen molar-refractivity contribution >= 4 is 33.2 Å². The van der Waals surface area contributed by atoms with Gasteiger partial charge in [-0.05, 0) is 60.7 Å². The Morgan fingerprint density at radius 1 is 0.971 bits per heavy atom. The van der Waals surface area contributed by atoms with Crippen LogP contribution >= 0.6 is 11.6 Å². The highest BCUT2D eigenvalue weighted by molar-refractivity contribution is 7.91. The molecule has 8 nitrogen and oxygen atoms in total. The standard InChI is InChI=1S/C24H19ClFN3O5S/c25-17-5-9-19(10-6-17)35(31,32)22-24(34-21(27-22)20-2-1-15-33-20)29-13-11-28(12-14-29)23(30)16-3-7-18(26)8-4-16/h1-10,15H,11-14H2. The lowest BCUT2D eigenvalue weighted by Crippen LogP contribution is -2.49. The van der Waals surface area contributed by atoms with E-state index in [0.717, 1.165) is 0 Å². The number of hydrogen-bond acceptors (Lipinski definition) is 7. The normalized spacial score (nSPS) is 14.3. The largest absolute Gasteiger partial charge is 0.459 e. The molecule has 5 rings (SSSR count). The second-order valence-corrected chi connectivity index (χ2v) is 10.2. The third-order valence-corrected chi connectivity index (χ3v) is 7.55. The van der Waals surface area contributed by atoms with Gasteiger partial charge in [-0.2, -0.15) is 4.98 Å². The quantitative estimate of drug-likeness (QED) is 0.385. The third kappa shape index (κ3) is 4.54. The molecule has 11 heteroatoms. The van der Waals surface area contributed by atoms with Crippen LogP contribution in [-0.2, 0) is 9.84 Å². The number of furan rings is 1. The first kappa shape index (κ1) is 23.1. The second-order valence-electron chi connectivity index (χ2n) is 7.85. The number of nitrogens with zero attached hydrogens (tertiary/aromatic N) is 3. The van der Waals surface area contributed by atoms with E-state index in [4.69, 9.17) is 20.4 Å². The molecule has 2 aromatic carbocycles. The van der Waals surface area contributed by atoms with Crippen molar-refractivity contribution in [3.05, 3.63) is 83.3 Å². The summed E-state index contributed by atoms with van der Waals surface area (Å²) >= 11 is 5.92. The van der Waals surface area contributed by atoms with Crippen LogP contribution in [0.2, 0.25) is 5.02 Å². The van der Waals surface area contributed by atoms with Gasteiger partial charge in [-0.25, -0.2) is 12.8 Å². The maximum atomic E-state index is 13.5. The number of sulfone groups is 1. The molecule has 1 saturated heterocycles. The highest BCUT2D eigenvalue weighted by atomic mass is 35.5. The number of oxazole rings is 1. The fraction of sp³-hybridized carbons (Fsp3) is 0.167. The van der Waals surface area contributed by atoms with E-state index in [9.17, 15) is 17.6 Å². The second kappa shape index (κ2) is 9.20. The van der Waals surface area contributed by atoms with Crippen LogP contribution in [0.25, 0.3) is 11.7 Å². The summed E-state index contributed by atoms with van der Waals surface area (Å²) in [5.41, 5.74) is 0.380. The summed E-state index contributed by atoms with van der Waals surface area (Å²) in [6, 6.07) is 14.4. The number of aromatic nitrogens is 1. The molecule has 1 amide bonds. The molecule has 4 aromatic rings. The summed E-state index contributed by atoms with van der Waals surface area (Å²) in [5, 5.41) is 0.159. The number of carbonyl (C=O) groups excluding carboxylic acids is 1. The zero-order valence-electron chi connectivity index (χ0n) is 18.2. The van der Waals surface area contributed by atoms with Gasteiger partial charge in [-0.15, -0.1) is 0 Å². The van der Waals surface area contributed by atoms with Crippen molar-refractivity contribution < 1.29 is 26.4 Å². The van der Waals surface area contributed by atoms with Gasteiger partial charge in [0, 0.05) is 36.8 Å². The van der Waals surface area contributed by atoms with Crippen LogP contribution in [-0.4, -0.2) is 50.4 Å². The number of rotatable bonds is 5. The lowest BCUT2D eigenvalue weighted by molar-refractivity contribution is 0.0745. The van der Waals surface area contributed by atoms with E-state index in [1.54, 1.807) is 21.9 Å². The maximum absolute atomic E-state index is 13.5. The Balaban J connectivity index is 1.44. The molecule has 1 aliphatic rings. The van der Waals surface area contributed by atoms with Crippen LogP contribution in [0.1, 0.15) is 10.4 Å². The first-order valence-corrected chi connectivity index (χ1v) is 12.5. The topological polar surface area (TPSA) is 96.9 Å². The summed E-state index contributed by atoms with van der Waals surface area (Å²) in [5.74, 6) is -0.262. The molecule has 1 fully saturated rings. The van der Waals surface area contributed by atoms with Gasteiger partial charge in [0.1, 0.15) is 5.82 Å². The van der Waals surface area contributed by atoms with Crippen molar-refractivity contribution in [3.8, 4) is 11.7 Å². The summed E-state index contributed by atoms with van der Waals surface area (Å²) in [6.07, 6.45) is 1.44. The minimum absolute atomic E-state index is 0.0209. The van der Waals surface area contributed by atoms with Crippen molar-refractivity contribution in [1.82, 2.24) is 9.88 Å². The van der Waals surface area contributed by atoms with Crippen molar-refractivity contribution in [2.24, 2.45) is 0 Å². The lowest BCUT2D eigenvalue weighted by atomic mass is 10.2. The molecular formula is C24H19ClFN3O5S. The average molecular weight is 516 g/mol. The summed E-state index contributed by atoms with van der Waals surface area (Å²) in [4.78, 5) is 20.4. The molecule has 3 heterocycles. The Hall–Kier alpha value is -3.63. The van der Waals surface area contributed by atoms with Gasteiger partial charge in [-0.3, -0.25) is 4.79 Å². The molecule has 180 valence electrons. The van der Waals surface area contributed by atoms with Gasteiger partial charge in [0.25, 0.3) is 11.8 Å². The average Bonchev–Trinajstić information content (AvgIpc) is 3.55. The summed E-state index contributed by atoms with van der Waals surface area (Å²) in [7, 11) is -4.05. The van der Waals surface area contributed by atoms with Crippen molar-refractivity contribution in [1.29, 1.82) is 0 Å². The number of anilines is 1. The van der Waals surface area contributed by atoms with Crippen LogP contribution in [0, 0.1) is 5.82 Å². The molecule has 0 aliphatic carbocycles. The summed E-state index contributed by atoms with van der Waals surface area (Å²) in [6.45, 7) is 1.24. The van der Waals surface area contributed by atoms with Gasteiger partial charge in [0.2, 0.25) is 20.7 Å². The van der Waals surface area contributed by atoms with Crippen molar-refractivity contribution in [3.63, 3.8) is 0 Å². The highest BCUT2D eigenvalue weighted by Gasteiger charge is 2.34. The fourth-order valence-electron chi connectivity index (χ4n) is 3.79. The van der Waals surface area contributed by atoms with Gasteiger partial charge in [0.15, 0.2) is 5.76 Å². The van der Waals surface area contributed by atoms with E-state index in [0.29, 0.717) is 36.8 Å². The van der Waals surface area contributed by atoms with E-state index >= 15 is 0 Å².